The number of nitrogens with zero attached hydrogens (tertiary/aromatic N) is 1. The van der Waals surface area contributed by atoms with Gasteiger partial charge in [0.2, 0.25) is 0 Å². The number of benzene rings is 2. The Kier molecular flexibility index (Phi) is 9.27. The number of hydrogen-bond donors (Lipinski definition) is 3. The average Bonchev–Trinajstić information content (AvgIpc) is 2.65. The molecule has 0 aromatic heterocycles. The number of carbonyl (C=O) groups excluding carboxylic acids is 1. The van der Waals surface area contributed by atoms with E-state index in [1.54, 1.807) is 38.5 Å². The molecule has 0 spiro atoms. The number of nitrogens with two attached hydrogens (primary N) is 1. The van der Waals surface area contributed by atoms with Gasteiger partial charge in [-0.3, -0.25) is 9.79 Å². The van der Waals surface area contributed by atoms with E-state index in [-0.39, 0.29) is 35.8 Å². The van der Waals surface area contributed by atoms with Crippen molar-refractivity contribution < 1.29 is 14.3 Å². The highest BCUT2D eigenvalue weighted by atomic mass is 127. The minimum Gasteiger partial charge on any atom is -0.497 e. The quantitative estimate of drug-likeness (QED) is 0.250. The number of para-hydroxylation sites is 2. The van der Waals surface area contributed by atoms with E-state index >= 15 is 0 Å². The first-order valence-electron chi connectivity index (χ1n) is 7.76. The molecule has 26 heavy (non-hydrogen) atoms. The number of hydrogen-bond acceptors (Lipinski definition) is 4. The summed E-state index contributed by atoms with van der Waals surface area (Å²) >= 11 is 0. The van der Waals surface area contributed by atoms with Crippen molar-refractivity contribution in [1.29, 1.82) is 0 Å². The molecule has 0 atom stereocenters. The first-order valence-corrected chi connectivity index (χ1v) is 7.76. The summed E-state index contributed by atoms with van der Waals surface area (Å²) in [5.41, 5.74) is 7.11. The molecule has 0 heterocycles. The zero-order valence-electron chi connectivity index (χ0n) is 14.7. The van der Waals surface area contributed by atoms with Crippen LogP contribution in [0.15, 0.2) is 53.5 Å². The molecule has 2 aromatic rings. The van der Waals surface area contributed by atoms with Gasteiger partial charge in [-0.2, -0.15) is 0 Å². The third kappa shape index (κ3) is 6.43. The van der Waals surface area contributed by atoms with E-state index in [4.69, 9.17) is 15.2 Å². The molecule has 7 nitrogen and oxygen atoms in total. The number of anilines is 1. The lowest BCUT2D eigenvalue weighted by Crippen LogP contribution is -2.28. The lowest BCUT2D eigenvalue weighted by Gasteiger charge is -2.10. The molecular weight excluding hydrogens is 447 g/mol. The summed E-state index contributed by atoms with van der Waals surface area (Å²) < 4.78 is 10.3. The highest BCUT2D eigenvalue weighted by Crippen LogP contribution is 2.22. The van der Waals surface area contributed by atoms with Crippen molar-refractivity contribution in [3.63, 3.8) is 0 Å². The second kappa shape index (κ2) is 11.2. The molecule has 4 N–H and O–H groups in total. The fourth-order valence-corrected chi connectivity index (χ4v) is 2.14. The number of halogens is 1. The number of guanidine groups is 1. The Labute approximate surface area is 170 Å². The monoisotopic (exact) mass is 470 g/mol. The van der Waals surface area contributed by atoms with Crippen LogP contribution in [0.5, 0.6) is 11.5 Å². The highest BCUT2D eigenvalue weighted by Gasteiger charge is 2.06. The molecule has 0 saturated heterocycles. The Bertz CT molecular complexity index is 753. The van der Waals surface area contributed by atoms with Gasteiger partial charge in [0.25, 0.3) is 5.91 Å². The van der Waals surface area contributed by atoms with Gasteiger partial charge in [0.05, 0.1) is 26.5 Å². The normalized spacial score (nSPS) is 10.5. The Morgan fingerprint density at radius 1 is 1.12 bits per heavy atom. The van der Waals surface area contributed by atoms with Crippen molar-refractivity contribution in [2.75, 3.05) is 32.6 Å². The molecule has 0 aliphatic heterocycles. The summed E-state index contributed by atoms with van der Waals surface area (Å²) in [6.07, 6.45) is 0. The topological polar surface area (TPSA) is 98.0 Å². The van der Waals surface area contributed by atoms with E-state index in [1.165, 1.54) is 0 Å². The van der Waals surface area contributed by atoms with Gasteiger partial charge >= 0.3 is 0 Å². The number of nitrogens with one attached hydrogen (secondary N) is 2. The molecule has 0 aliphatic rings. The number of methoxy groups -OCH3 is 2. The maximum absolute atomic E-state index is 12.1. The van der Waals surface area contributed by atoms with Gasteiger partial charge in [-0.1, -0.05) is 18.2 Å². The maximum atomic E-state index is 12.1. The van der Waals surface area contributed by atoms with Gasteiger partial charge < -0.3 is 25.8 Å². The number of carbonyl (C=O) groups is 1. The SMILES string of the molecule is COc1cccc(C(=O)NCCN=C(N)Nc2ccccc2OC)c1.I. The predicted octanol–water partition coefficient (Wildman–Crippen LogP) is 2.48. The Morgan fingerprint density at radius 3 is 2.62 bits per heavy atom. The molecule has 0 saturated carbocycles. The van der Waals surface area contributed by atoms with Crippen LogP contribution in [0, 0.1) is 0 Å². The summed E-state index contributed by atoms with van der Waals surface area (Å²) in [6, 6.07) is 14.3. The number of rotatable bonds is 7. The number of ether oxygens (including phenoxy) is 2. The second-order valence-electron chi connectivity index (χ2n) is 5.08. The Morgan fingerprint density at radius 2 is 1.88 bits per heavy atom. The van der Waals surface area contributed by atoms with E-state index < -0.39 is 0 Å². The number of aliphatic imine (C=N–C) groups is 1. The smallest absolute Gasteiger partial charge is 0.251 e. The molecule has 0 bridgehead atoms. The zero-order chi connectivity index (χ0) is 18.1. The van der Waals surface area contributed by atoms with E-state index in [2.05, 4.69) is 15.6 Å². The Balaban J connectivity index is 0.00000338. The maximum Gasteiger partial charge on any atom is 0.251 e. The Hall–Kier alpha value is -2.49. The molecule has 1 amide bonds. The fourth-order valence-electron chi connectivity index (χ4n) is 2.14. The average molecular weight is 470 g/mol. The van der Waals surface area contributed by atoms with Gasteiger partial charge in [0.1, 0.15) is 11.5 Å². The molecule has 0 aliphatic carbocycles. The van der Waals surface area contributed by atoms with Crippen LogP contribution in [-0.2, 0) is 0 Å². The number of amides is 1. The van der Waals surface area contributed by atoms with E-state index in [0.29, 0.717) is 30.2 Å². The van der Waals surface area contributed by atoms with Crippen molar-refractivity contribution in [3.8, 4) is 11.5 Å². The summed E-state index contributed by atoms with van der Waals surface area (Å²) in [5, 5.41) is 5.75. The standard InChI is InChI=1S/C18H22N4O3.HI/c1-24-14-7-5-6-13(12-14)17(23)20-10-11-21-18(19)22-15-8-3-4-9-16(15)25-2;/h3-9,12H,10-11H2,1-2H3,(H,20,23)(H3,19,21,22);1H. The van der Waals surface area contributed by atoms with E-state index in [9.17, 15) is 4.79 Å². The lowest BCUT2D eigenvalue weighted by atomic mass is 10.2. The van der Waals surface area contributed by atoms with Gasteiger partial charge in [-0.05, 0) is 30.3 Å². The fraction of sp³-hybridized carbons (Fsp3) is 0.222. The summed E-state index contributed by atoms with van der Waals surface area (Å²) in [6.45, 7) is 0.716. The van der Waals surface area contributed by atoms with Crippen molar-refractivity contribution >= 4 is 41.5 Å². The van der Waals surface area contributed by atoms with Crippen molar-refractivity contribution in [3.05, 3.63) is 54.1 Å². The summed E-state index contributed by atoms with van der Waals surface area (Å²) in [4.78, 5) is 16.2. The van der Waals surface area contributed by atoms with Crippen LogP contribution in [0.4, 0.5) is 5.69 Å². The van der Waals surface area contributed by atoms with Crippen LogP contribution in [-0.4, -0.2) is 39.2 Å². The van der Waals surface area contributed by atoms with Crippen molar-refractivity contribution in [1.82, 2.24) is 5.32 Å². The first-order chi connectivity index (χ1) is 12.1. The van der Waals surface area contributed by atoms with Crippen molar-refractivity contribution in [2.45, 2.75) is 0 Å². The van der Waals surface area contributed by atoms with Crippen LogP contribution >= 0.6 is 24.0 Å². The van der Waals surface area contributed by atoms with Gasteiger partial charge in [-0.15, -0.1) is 24.0 Å². The lowest BCUT2D eigenvalue weighted by molar-refractivity contribution is 0.0954. The second-order valence-corrected chi connectivity index (χ2v) is 5.08. The van der Waals surface area contributed by atoms with Crippen molar-refractivity contribution in [2.24, 2.45) is 10.7 Å². The zero-order valence-corrected chi connectivity index (χ0v) is 17.0. The summed E-state index contributed by atoms with van der Waals surface area (Å²) in [5.74, 6) is 1.37. The summed E-state index contributed by atoms with van der Waals surface area (Å²) in [7, 11) is 3.14. The molecule has 0 unspecified atom stereocenters. The third-order valence-corrected chi connectivity index (χ3v) is 3.38. The molecule has 8 heteroatoms. The largest absolute Gasteiger partial charge is 0.497 e. The van der Waals surface area contributed by atoms with Crippen LogP contribution < -0.4 is 25.8 Å². The predicted molar refractivity (Wildman–Crippen MR) is 114 cm³/mol. The molecule has 2 rings (SSSR count). The van der Waals surface area contributed by atoms with E-state index in [1.807, 2.05) is 24.3 Å². The van der Waals surface area contributed by atoms with Gasteiger partial charge in [-0.25, -0.2) is 0 Å². The first kappa shape index (κ1) is 21.6. The molecule has 0 fully saturated rings. The molecule has 2 aromatic carbocycles. The van der Waals surface area contributed by atoms with Gasteiger partial charge in [0.15, 0.2) is 5.96 Å². The molecule has 140 valence electrons. The van der Waals surface area contributed by atoms with Crippen LogP contribution in [0.1, 0.15) is 10.4 Å². The third-order valence-electron chi connectivity index (χ3n) is 3.38. The minimum atomic E-state index is -0.189. The minimum absolute atomic E-state index is 0. The van der Waals surface area contributed by atoms with Crippen LogP contribution in [0.25, 0.3) is 0 Å². The van der Waals surface area contributed by atoms with Crippen LogP contribution in [0.3, 0.4) is 0 Å². The highest BCUT2D eigenvalue weighted by molar-refractivity contribution is 14.0. The van der Waals surface area contributed by atoms with E-state index in [0.717, 1.165) is 5.69 Å². The molecule has 0 radical (unpaired) electrons. The van der Waals surface area contributed by atoms with Gasteiger partial charge in [0, 0.05) is 12.1 Å². The van der Waals surface area contributed by atoms with Crippen LogP contribution in [0.2, 0.25) is 0 Å². The molecular formula is C18H23IN4O3.